The van der Waals surface area contributed by atoms with Gasteiger partial charge in [0.15, 0.2) is 6.04 Å². The Morgan fingerprint density at radius 3 is 2.27 bits per heavy atom. The highest BCUT2D eigenvalue weighted by atomic mass is 35.5. The van der Waals surface area contributed by atoms with E-state index in [0.29, 0.717) is 41.8 Å². The molecule has 2 aliphatic rings. The molecular weight excluding hydrogens is 542 g/mol. The molecule has 0 radical (unpaired) electrons. The minimum Gasteiger partial charge on any atom is -0.444 e. The SMILES string of the molecule is C[C@@H]1CCC[N+]1(C(N)=O)C(=O)[C@@H](C1CCCCC1)N(Cc1cc(Cl)ccc1CC(N)C(F)F)C(=O)OC(C)(C)C. The smallest absolute Gasteiger partial charge is 0.421 e. The second kappa shape index (κ2) is 13.1. The number of rotatable bonds is 8. The van der Waals surface area contributed by atoms with Crippen molar-refractivity contribution in [1.29, 1.82) is 0 Å². The van der Waals surface area contributed by atoms with Crippen LogP contribution in [0.2, 0.25) is 5.02 Å². The number of likely N-dealkylation sites (tertiary alicyclic amines) is 1. The minimum atomic E-state index is -2.74. The zero-order valence-corrected chi connectivity index (χ0v) is 24.8. The van der Waals surface area contributed by atoms with Crippen molar-refractivity contribution < 1.29 is 32.4 Å². The summed E-state index contributed by atoms with van der Waals surface area (Å²) in [6.07, 6.45) is 1.87. The third-order valence-corrected chi connectivity index (χ3v) is 8.51. The molecule has 224 valence electrons. The fraction of sp³-hybridized carbons (Fsp3) is 0.690. The molecule has 1 saturated heterocycles. The monoisotopic (exact) mass is 585 g/mol. The zero-order valence-electron chi connectivity index (χ0n) is 24.0. The van der Waals surface area contributed by atoms with Crippen molar-refractivity contribution >= 4 is 29.6 Å². The van der Waals surface area contributed by atoms with Crippen LogP contribution in [0.1, 0.15) is 83.8 Å². The van der Waals surface area contributed by atoms with E-state index in [2.05, 4.69) is 0 Å². The van der Waals surface area contributed by atoms with E-state index in [-0.39, 0.29) is 31.5 Å². The number of halogens is 3. The summed E-state index contributed by atoms with van der Waals surface area (Å²) in [7, 11) is 0. The van der Waals surface area contributed by atoms with Gasteiger partial charge >= 0.3 is 18.0 Å². The first-order chi connectivity index (χ1) is 18.7. The summed E-state index contributed by atoms with van der Waals surface area (Å²) in [5, 5.41) is 0.350. The molecule has 0 spiro atoms. The number of ether oxygens (including phenoxy) is 1. The molecule has 1 aliphatic heterocycles. The first-order valence-electron chi connectivity index (χ1n) is 14.2. The molecule has 2 fully saturated rings. The summed E-state index contributed by atoms with van der Waals surface area (Å²) < 4.78 is 32.0. The highest BCUT2D eigenvalue weighted by Gasteiger charge is 2.57. The van der Waals surface area contributed by atoms with Crippen LogP contribution in [0.3, 0.4) is 0 Å². The number of carbonyl (C=O) groups is 3. The molecule has 0 bridgehead atoms. The van der Waals surface area contributed by atoms with Gasteiger partial charge in [-0.2, -0.15) is 4.48 Å². The predicted octanol–water partition coefficient (Wildman–Crippen LogP) is 5.77. The van der Waals surface area contributed by atoms with Gasteiger partial charge < -0.3 is 16.2 Å². The van der Waals surface area contributed by atoms with Crippen molar-refractivity contribution in [2.24, 2.45) is 17.4 Å². The Morgan fingerprint density at radius 2 is 1.75 bits per heavy atom. The van der Waals surface area contributed by atoms with Crippen LogP contribution in [0.25, 0.3) is 0 Å². The average Bonchev–Trinajstić information content (AvgIpc) is 3.26. The molecular formula is C29H44ClF2N4O4+. The summed E-state index contributed by atoms with van der Waals surface area (Å²) in [6, 6.07) is 1.32. The maximum absolute atomic E-state index is 14.6. The number of hydrogen-bond donors (Lipinski definition) is 2. The molecule has 4 amide bonds. The van der Waals surface area contributed by atoms with Gasteiger partial charge in [-0.1, -0.05) is 36.9 Å². The third-order valence-electron chi connectivity index (χ3n) is 8.27. The molecule has 1 aromatic carbocycles. The number of imide groups is 1. The second-order valence-corrected chi connectivity index (χ2v) is 12.8. The van der Waals surface area contributed by atoms with Crippen molar-refractivity contribution in [3.63, 3.8) is 0 Å². The fourth-order valence-electron chi connectivity index (χ4n) is 6.18. The van der Waals surface area contributed by atoms with Crippen molar-refractivity contribution in [2.45, 2.75) is 116 Å². The number of nitrogens with zero attached hydrogens (tertiary/aromatic N) is 2. The minimum absolute atomic E-state index is 0.124. The lowest BCUT2D eigenvalue weighted by atomic mass is 9.82. The Hall–Kier alpha value is -2.30. The molecule has 8 nitrogen and oxygen atoms in total. The van der Waals surface area contributed by atoms with Gasteiger partial charge in [-0.15, -0.1) is 0 Å². The zero-order chi connectivity index (χ0) is 29.8. The van der Waals surface area contributed by atoms with Crippen LogP contribution in [0.15, 0.2) is 18.2 Å². The van der Waals surface area contributed by atoms with Gasteiger partial charge in [0, 0.05) is 17.9 Å². The van der Waals surface area contributed by atoms with E-state index in [0.717, 1.165) is 19.3 Å². The lowest BCUT2D eigenvalue weighted by Crippen LogP contribution is -2.68. The summed E-state index contributed by atoms with van der Waals surface area (Å²) in [6.45, 7) is 7.17. The van der Waals surface area contributed by atoms with Gasteiger partial charge in [0.2, 0.25) is 0 Å². The molecule has 4 N–H and O–H groups in total. The van der Waals surface area contributed by atoms with Crippen LogP contribution in [-0.4, -0.2) is 64.1 Å². The Bertz CT molecular complexity index is 1080. The van der Waals surface area contributed by atoms with Gasteiger partial charge in [0.1, 0.15) is 11.6 Å². The summed E-state index contributed by atoms with van der Waals surface area (Å²) >= 11 is 6.32. The molecule has 0 aromatic heterocycles. The Balaban J connectivity index is 2.15. The maximum Gasteiger partial charge on any atom is 0.421 e. The molecule has 3 rings (SSSR count). The molecule has 1 aliphatic carbocycles. The molecule has 1 saturated carbocycles. The summed E-state index contributed by atoms with van der Waals surface area (Å²) in [5.41, 5.74) is 11.7. The number of nitrogens with two attached hydrogens (primary N) is 2. The van der Waals surface area contributed by atoms with Crippen LogP contribution in [0.4, 0.5) is 18.4 Å². The fourth-order valence-corrected chi connectivity index (χ4v) is 6.37. The van der Waals surface area contributed by atoms with E-state index < -0.39 is 46.6 Å². The number of amides is 4. The van der Waals surface area contributed by atoms with Crippen LogP contribution >= 0.6 is 11.6 Å². The van der Waals surface area contributed by atoms with E-state index in [9.17, 15) is 23.2 Å². The van der Waals surface area contributed by atoms with E-state index in [1.165, 1.54) is 4.90 Å². The van der Waals surface area contributed by atoms with Crippen LogP contribution in [0, 0.1) is 5.92 Å². The number of benzene rings is 1. The Morgan fingerprint density at radius 1 is 1.10 bits per heavy atom. The summed E-state index contributed by atoms with van der Waals surface area (Å²) in [4.78, 5) is 42.9. The van der Waals surface area contributed by atoms with Crippen molar-refractivity contribution in [3.05, 3.63) is 34.3 Å². The maximum atomic E-state index is 14.6. The molecule has 2 unspecified atom stereocenters. The van der Waals surface area contributed by atoms with E-state index in [1.807, 2.05) is 6.92 Å². The van der Waals surface area contributed by atoms with Crippen LogP contribution in [-0.2, 0) is 22.5 Å². The van der Waals surface area contributed by atoms with Gasteiger partial charge in [0.05, 0.1) is 19.1 Å². The van der Waals surface area contributed by atoms with Crippen molar-refractivity contribution in [1.82, 2.24) is 4.90 Å². The highest BCUT2D eigenvalue weighted by molar-refractivity contribution is 6.30. The summed E-state index contributed by atoms with van der Waals surface area (Å²) in [5.74, 6) is -0.634. The molecule has 1 heterocycles. The second-order valence-electron chi connectivity index (χ2n) is 12.3. The van der Waals surface area contributed by atoms with Gasteiger partial charge in [-0.05, 0) is 76.1 Å². The number of primary amides is 1. The molecule has 40 heavy (non-hydrogen) atoms. The van der Waals surface area contributed by atoms with Gasteiger partial charge in [0.25, 0.3) is 6.43 Å². The first kappa shape index (κ1) is 32.2. The first-order valence-corrected chi connectivity index (χ1v) is 14.6. The van der Waals surface area contributed by atoms with Gasteiger partial charge in [-0.3, -0.25) is 4.90 Å². The van der Waals surface area contributed by atoms with Gasteiger partial charge in [-0.25, -0.2) is 23.2 Å². The lowest BCUT2D eigenvalue weighted by molar-refractivity contribution is -0.785. The average molecular weight is 586 g/mol. The Kier molecular flexibility index (Phi) is 10.6. The number of carbonyl (C=O) groups excluding carboxylic acids is 3. The van der Waals surface area contributed by atoms with Crippen molar-refractivity contribution in [3.8, 4) is 0 Å². The molecule has 1 aromatic rings. The molecule has 11 heteroatoms. The standard InChI is InChI=1S/C29H43ClF2N4O4/c1-18-9-8-14-36(18,27(34)38)26(37)24(19-10-6-5-7-11-19)35(28(39)40-29(2,3)4)17-21-15-22(30)13-12-20(21)16-23(33)25(31)32/h12-13,15,18-19,23-25H,5-11,14,16-17,33H2,1-4H3,(H-,34,38)/p+1/t18-,23?,24-,36?/m1/s1. The normalized spacial score (nSPS) is 23.6. The number of quaternary nitrogens is 1. The topological polar surface area (TPSA) is 116 Å². The van der Waals surface area contributed by atoms with E-state index >= 15 is 0 Å². The van der Waals surface area contributed by atoms with E-state index in [1.54, 1.807) is 39.0 Å². The largest absolute Gasteiger partial charge is 0.444 e. The van der Waals surface area contributed by atoms with Crippen LogP contribution < -0.4 is 11.5 Å². The highest BCUT2D eigenvalue weighted by Crippen LogP contribution is 2.37. The lowest BCUT2D eigenvalue weighted by Gasteiger charge is -2.42. The number of urea groups is 1. The quantitative estimate of drug-likeness (QED) is 0.376. The van der Waals surface area contributed by atoms with E-state index in [4.69, 9.17) is 27.8 Å². The number of hydrogen-bond acceptors (Lipinski definition) is 5. The Labute approximate surface area is 240 Å². The predicted molar refractivity (Wildman–Crippen MR) is 150 cm³/mol. The number of alkyl halides is 2. The van der Waals surface area contributed by atoms with Crippen molar-refractivity contribution in [2.75, 3.05) is 6.54 Å². The molecule has 4 atom stereocenters. The third kappa shape index (κ3) is 7.31. The van der Waals surface area contributed by atoms with Crippen LogP contribution in [0.5, 0.6) is 0 Å².